The highest BCUT2D eigenvalue weighted by atomic mass is 79.9. The minimum absolute atomic E-state index is 0.454. The van der Waals surface area contributed by atoms with Crippen molar-refractivity contribution in [2.45, 2.75) is 26.4 Å². The number of hydrogen-bond donors (Lipinski definition) is 0. The second-order valence-corrected chi connectivity index (χ2v) is 6.50. The molecular weight excluding hydrogens is 334 g/mol. The Morgan fingerprint density at radius 1 is 1.38 bits per heavy atom. The molecule has 1 heterocycles. The highest BCUT2D eigenvalue weighted by molar-refractivity contribution is 9.10. The van der Waals surface area contributed by atoms with Crippen molar-refractivity contribution in [1.82, 2.24) is 9.78 Å². The molecule has 0 bridgehead atoms. The van der Waals surface area contributed by atoms with E-state index in [4.69, 9.17) is 4.84 Å². The van der Waals surface area contributed by atoms with Crippen LogP contribution in [0.4, 0.5) is 5.69 Å². The average Bonchev–Trinajstić information content (AvgIpc) is 2.74. The number of hydroxylamine groups is 1. The van der Waals surface area contributed by atoms with Crippen molar-refractivity contribution >= 4 is 28.0 Å². The van der Waals surface area contributed by atoms with Crippen LogP contribution < -0.4 is 5.06 Å². The smallest absolute Gasteiger partial charge is 0.238 e. The van der Waals surface area contributed by atoms with Gasteiger partial charge in [-0.2, -0.15) is 10.2 Å². The van der Waals surface area contributed by atoms with Crippen LogP contribution in [0.3, 0.4) is 0 Å². The molecule has 5 nitrogen and oxygen atoms in total. The summed E-state index contributed by atoms with van der Waals surface area (Å²) in [4.78, 5) is 16.9. The first-order valence-corrected chi connectivity index (χ1v) is 7.33. The van der Waals surface area contributed by atoms with Gasteiger partial charge in [0.1, 0.15) is 0 Å². The van der Waals surface area contributed by atoms with Crippen LogP contribution in [0.1, 0.15) is 20.8 Å². The van der Waals surface area contributed by atoms with E-state index < -0.39 is 5.60 Å². The van der Waals surface area contributed by atoms with Gasteiger partial charge in [-0.3, -0.25) is 14.3 Å². The highest BCUT2D eigenvalue weighted by Gasteiger charge is 2.18. The number of aromatic nitrogens is 2. The van der Waals surface area contributed by atoms with Crippen molar-refractivity contribution in [3.63, 3.8) is 0 Å². The molecule has 0 saturated heterocycles. The Bertz CT molecular complexity index is 627. The second kappa shape index (κ2) is 5.99. The van der Waals surface area contributed by atoms with Gasteiger partial charge >= 0.3 is 0 Å². The summed E-state index contributed by atoms with van der Waals surface area (Å²) < 4.78 is 2.68. The first-order valence-electron chi connectivity index (χ1n) is 6.53. The third-order valence-electron chi connectivity index (χ3n) is 2.74. The van der Waals surface area contributed by atoms with E-state index >= 15 is 0 Å². The molecule has 112 valence electrons. The lowest BCUT2D eigenvalue weighted by Crippen LogP contribution is -2.33. The number of carbonyl (C=O) groups excluding carboxylic acids is 1. The molecule has 0 atom stereocenters. The molecule has 1 aromatic heterocycles. The fourth-order valence-corrected chi connectivity index (χ4v) is 2.53. The van der Waals surface area contributed by atoms with Crippen LogP contribution >= 0.6 is 15.9 Å². The van der Waals surface area contributed by atoms with Gasteiger partial charge in [-0.05, 0) is 48.8 Å². The molecule has 0 spiro atoms. The van der Waals surface area contributed by atoms with Crippen LogP contribution in [0.25, 0.3) is 11.3 Å². The van der Waals surface area contributed by atoms with Crippen LogP contribution in [-0.4, -0.2) is 21.8 Å². The fourth-order valence-electron chi connectivity index (χ4n) is 1.96. The fraction of sp³-hybridized carbons (Fsp3) is 0.333. The topological polar surface area (TPSA) is 47.4 Å². The van der Waals surface area contributed by atoms with E-state index in [2.05, 4.69) is 21.0 Å². The summed E-state index contributed by atoms with van der Waals surface area (Å²) in [5.41, 5.74) is 2.11. The number of nitrogens with zero attached hydrogens (tertiary/aromatic N) is 3. The zero-order valence-electron chi connectivity index (χ0n) is 12.5. The van der Waals surface area contributed by atoms with Crippen LogP contribution in [-0.2, 0) is 16.7 Å². The summed E-state index contributed by atoms with van der Waals surface area (Å²) in [5, 5.41) is 5.45. The summed E-state index contributed by atoms with van der Waals surface area (Å²) in [6, 6.07) is 7.56. The first kappa shape index (κ1) is 15.7. The minimum Gasteiger partial charge on any atom is -0.276 e. The minimum atomic E-state index is -0.454. The molecule has 0 aliphatic carbocycles. The third kappa shape index (κ3) is 3.71. The van der Waals surface area contributed by atoms with Crippen molar-refractivity contribution in [2.75, 3.05) is 5.06 Å². The average molecular weight is 352 g/mol. The van der Waals surface area contributed by atoms with E-state index in [1.165, 1.54) is 5.06 Å². The van der Waals surface area contributed by atoms with E-state index in [1.807, 2.05) is 52.1 Å². The predicted octanol–water partition coefficient (Wildman–Crippen LogP) is 3.54. The van der Waals surface area contributed by atoms with E-state index in [-0.39, 0.29) is 0 Å². The van der Waals surface area contributed by atoms with Gasteiger partial charge in [0.15, 0.2) is 0 Å². The summed E-state index contributed by atoms with van der Waals surface area (Å²) in [6.45, 7) is 5.68. The number of anilines is 1. The maximum absolute atomic E-state index is 11.3. The lowest BCUT2D eigenvalue weighted by atomic mass is 10.1. The van der Waals surface area contributed by atoms with Gasteiger partial charge in [-0.1, -0.05) is 12.1 Å². The largest absolute Gasteiger partial charge is 0.276 e. The molecule has 0 radical (unpaired) electrons. The van der Waals surface area contributed by atoms with Crippen molar-refractivity contribution in [1.29, 1.82) is 0 Å². The summed E-state index contributed by atoms with van der Waals surface area (Å²) >= 11 is 3.48. The normalized spacial score (nSPS) is 11.5. The Morgan fingerprint density at radius 3 is 2.62 bits per heavy atom. The molecule has 1 aromatic carbocycles. The maximum atomic E-state index is 11.3. The van der Waals surface area contributed by atoms with Crippen LogP contribution in [0.15, 0.2) is 34.9 Å². The Morgan fingerprint density at radius 2 is 2.10 bits per heavy atom. The lowest BCUT2D eigenvalue weighted by Gasteiger charge is -2.26. The van der Waals surface area contributed by atoms with Gasteiger partial charge < -0.3 is 0 Å². The van der Waals surface area contributed by atoms with E-state index in [0.29, 0.717) is 12.1 Å². The molecular formula is C15H18BrN3O2. The number of carbonyl (C=O) groups is 1. The number of amides is 1. The molecule has 0 N–H and O–H groups in total. The molecule has 0 unspecified atom stereocenters. The van der Waals surface area contributed by atoms with Crippen molar-refractivity contribution in [3.8, 4) is 11.3 Å². The standard InChI is InChI=1S/C15H18BrN3O2/c1-15(2,3)21-19(10-20)12-7-5-6-11(8-12)14-13(16)9-17-18(14)4/h5-10H,1-4H3. The molecule has 2 aromatic rings. The number of aryl methyl sites for hydroxylation is 1. The molecule has 6 heteroatoms. The third-order valence-corrected chi connectivity index (χ3v) is 3.32. The first-order chi connectivity index (χ1) is 9.81. The number of rotatable bonds is 4. The Balaban J connectivity index is 2.39. The summed E-state index contributed by atoms with van der Waals surface area (Å²) in [7, 11) is 1.87. The van der Waals surface area contributed by atoms with Gasteiger partial charge in [-0.25, -0.2) is 0 Å². The molecule has 1 amide bonds. The van der Waals surface area contributed by atoms with Crippen molar-refractivity contribution in [2.24, 2.45) is 7.05 Å². The van der Waals surface area contributed by atoms with Gasteiger partial charge in [0.2, 0.25) is 6.41 Å². The summed E-state index contributed by atoms with van der Waals surface area (Å²) in [5.74, 6) is 0. The molecule has 0 aliphatic rings. The Hall–Kier alpha value is -1.66. The number of benzene rings is 1. The highest BCUT2D eigenvalue weighted by Crippen LogP contribution is 2.30. The predicted molar refractivity (Wildman–Crippen MR) is 85.7 cm³/mol. The van der Waals surface area contributed by atoms with Crippen LogP contribution in [0, 0.1) is 0 Å². The van der Waals surface area contributed by atoms with Gasteiger partial charge in [-0.15, -0.1) is 0 Å². The molecule has 0 saturated carbocycles. The summed E-state index contributed by atoms with van der Waals surface area (Å²) in [6.07, 6.45) is 2.41. The zero-order chi connectivity index (χ0) is 15.6. The lowest BCUT2D eigenvalue weighted by molar-refractivity contribution is -0.120. The zero-order valence-corrected chi connectivity index (χ0v) is 14.1. The number of hydrogen-bond acceptors (Lipinski definition) is 3. The molecule has 2 rings (SSSR count). The van der Waals surface area contributed by atoms with Gasteiger partial charge in [0, 0.05) is 12.6 Å². The van der Waals surface area contributed by atoms with E-state index in [0.717, 1.165) is 15.7 Å². The molecule has 21 heavy (non-hydrogen) atoms. The van der Waals surface area contributed by atoms with E-state index in [1.54, 1.807) is 10.9 Å². The maximum Gasteiger partial charge on any atom is 0.238 e. The Kier molecular flexibility index (Phi) is 4.49. The number of halogens is 1. The Labute approximate surface area is 132 Å². The molecule has 0 aliphatic heterocycles. The second-order valence-electron chi connectivity index (χ2n) is 5.65. The van der Waals surface area contributed by atoms with Gasteiger partial charge in [0.25, 0.3) is 0 Å². The van der Waals surface area contributed by atoms with E-state index in [9.17, 15) is 4.79 Å². The van der Waals surface area contributed by atoms with Crippen molar-refractivity contribution < 1.29 is 9.63 Å². The molecule has 0 fully saturated rings. The monoisotopic (exact) mass is 351 g/mol. The van der Waals surface area contributed by atoms with Gasteiger partial charge in [0.05, 0.1) is 27.7 Å². The SMILES string of the molecule is Cn1ncc(Br)c1-c1cccc(N(C=O)OC(C)(C)C)c1. The van der Waals surface area contributed by atoms with Crippen molar-refractivity contribution in [3.05, 3.63) is 34.9 Å². The van der Waals surface area contributed by atoms with Crippen LogP contribution in [0.5, 0.6) is 0 Å². The quantitative estimate of drug-likeness (QED) is 0.625. The van der Waals surface area contributed by atoms with Crippen LogP contribution in [0.2, 0.25) is 0 Å².